The van der Waals surface area contributed by atoms with Gasteiger partial charge in [0.2, 0.25) is 0 Å². The van der Waals surface area contributed by atoms with Gasteiger partial charge in [-0.15, -0.1) is 0 Å². The monoisotopic (exact) mass is 1120 g/mol. The standard InChI is InChI=1S/C79H81ClN4/c1-50-43-70(73(80)71(44-50)83-68-42-34-56(78(11,12)13)47-69(68)84-67-41-33-55(77(8,9)10)45-65(67)66-46-57(79(14,15)16)48-72(83)74(66)84)82(60-35-27-52(28-36-60)64-26-19-22-51-21-17-18-25-63(51)64)62-24-20-23-61(49-62)81(58-37-29-53(30-38-58)75(2,3)4)59-39-31-54(32-40-59)76(5,6)7/h17-49H,1-16H3. The van der Waals surface area contributed by atoms with Gasteiger partial charge in [-0.3, -0.25) is 0 Å². The fourth-order valence-electron chi connectivity index (χ4n) is 12.4. The first kappa shape index (κ1) is 56.4. The molecule has 84 heavy (non-hydrogen) atoms. The predicted molar refractivity (Wildman–Crippen MR) is 365 cm³/mol. The van der Waals surface area contributed by atoms with Crippen LogP contribution >= 0.6 is 11.6 Å². The highest BCUT2D eigenvalue weighted by Gasteiger charge is 2.35. The number of halogens is 1. The molecule has 5 heteroatoms. The van der Waals surface area contributed by atoms with E-state index in [0.29, 0.717) is 5.02 Å². The maximum absolute atomic E-state index is 8.41. The molecule has 0 atom stereocenters. The molecule has 0 N–H and O–H groups in total. The highest BCUT2D eigenvalue weighted by atomic mass is 35.5. The average Bonchev–Trinajstić information content (AvgIpc) is 2.36. The topological polar surface area (TPSA) is 14.7 Å². The van der Waals surface area contributed by atoms with E-state index in [-0.39, 0.29) is 27.1 Å². The number of aryl methyl sites for hydroxylation is 1. The molecule has 0 amide bonds. The summed E-state index contributed by atoms with van der Waals surface area (Å²) in [5, 5.41) is 5.60. The highest BCUT2D eigenvalue weighted by Crippen LogP contribution is 2.56. The first-order valence-corrected chi connectivity index (χ1v) is 30.4. The van der Waals surface area contributed by atoms with Crippen LogP contribution in [0.25, 0.3) is 49.4 Å². The van der Waals surface area contributed by atoms with Gasteiger partial charge < -0.3 is 19.3 Å². The number of hydrogen-bond acceptors (Lipinski definition) is 3. The number of benzene rings is 10. The second kappa shape index (κ2) is 20.3. The van der Waals surface area contributed by atoms with E-state index in [9.17, 15) is 0 Å². The van der Waals surface area contributed by atoms with E-state index in [1.165, 1.54) is 66.0 Å². The number of fused-ring (bicyclic) bond motifs is 6. The zero-order valence-electron chi connectivity index (χ0n) is 52.2. The molecule has 0 fully saturated rings. The van der Waals surface area contributed by atoms with E-state index in [1.54, 1.807) is 0 Å². The Morgan fingerprint density at radius 2 is 0.833 bits per heavy atom. The summed E-state index contributed by atoms with van der Waals surface area (Å²) >= 11 is 8.41. The lowest BCUT2D eigenvalue weighted by Gasteiger charge is -2.37. The molecule has 1 aliphatic rings. The molecule has 0 saturated heterocycles. The molecule has 10 aromatic carbocycles. The van der Waals surface area contributed by atoms with Crippen molar-refractivity contribution >= 4 is 95.4 Å². The van der Waals surface area contributed by atoms with Crippen LogP contribution in [0.2, 0.25) is 5.02 Å². The molecule has 4 nitrogen and oxygen atoms in total. The van der Waals surface area contributed by atoms with Crippen LogP contribution in [0.15, 0.2) is 200 Å². The predicted octanol–water partition coefficient (Wildman–Crippen LogP) is 23.8. The quantitative estimate of drug-likeness (QED) is 0.151. The Morgan fingerprint density at radius 1 is 0.345 bits per heavy atom. The highest BCUT2D eigenvalue weighted by molar-refractivity contribution is 6.37. The molecule has 424 valence electrons. The van der Waals surface area contributed by atoms with E-state index in [0.717, 1.165) is 68.0 Å². The third kappa shape index (κ3) is 10.1. The van der Waals surface area contributed by atoms with Gasteiger partial charge >= 0.3 is 0 Å². The van der Waals surface area contributed by atoms with Gasteiger partial charge in [0.15, 0.2) is 0 Å². The maximum atomic E-state index is 8.41. The third-order valence-electron chi connectivity index (χ3n) is 17.4. The minimum atomic E-state index is -0.151. The van der Waals surface area contributed by atoms with Crippen LogP contribution in [0, 0.1) is 6.92 Å². The van der Waals surface area contributed by atoms with Crippen molar-refractivity contribution in [2.24, 2.45) is 0 Å². The van der Waals surface area contributed by atoms with Crippen molar-refractivity contribution in [3.8, 4) is 16.8 Å². The molecule has 0 aliphatic carbocycles. The van der Waals surface area contributed by atoms with Gasteiger partial charge in [0.25, 0.3) is 0 Å². The zero-order chi connectivity index (χ0) is 59.6. The van der Waals surface area contributed by atoms with E-state index < -0.39 is 0 Å². The molecule has 0 bridgehead atoms. The number of anilines is 9. The van der Waals surface area contributed by atoms with Crippen LogP contribution in [0.3, 0.4) is 0 Å². The molecule has 0 radical (unpaired) electrons. The minimum Gasteiger partial charge on any atom is -0.310 e. The fourth-order valence-corrected chi connectivity index (χ4v) is 12.7. The van der Waals surface area contributed by atoms with Gasteiger partial charge in [-0.1, -0.05) is 213 Å². The Kier molecular flexibility index (Phi) is 13.7. The molecule has 0 saturated carbocycles. The van der Waals surface area contributed by atoms with Gasteiger partial charge in [-0.2, -0.15) is 0 Å². The summed E-state index contributed by atoms with van der Waals surface area (Å²) in [7, 11) is 0. The normalized spacial score (nSPS) is 13.0. The SMILES string of the molecule is Cc1cc(N(c2ccc(-c3cccc4ccccc34)cc2)c2cccc(N(c3ccc(C(C)(C)C)cc3)c3ccc(C(C)(C)C)cc3)c2)c(Cl)c(N2c3ccc(C(C)(C)C)cc3-n3c4ccc(C(C)(C)C)cc4c4cc(C(C)(C)C)cc2c43)c1. The van der Waals surface area contributed by atoms with Crippen molar-refractivity contribution in [3.63, 3.8) is 0 Å². The van der Waals surface area contributed by atoms with Crippen molar-refractivity contribution in [1.82, 2.24) is 4.57 Å². The van der Waals surface area contributed by atoms with E-state index in [1.807, 2.05) is 0 Å². The molecule has 12 rings (SSSR count). The molecular formula is C79H81ClN4. The summed E-state index contributed by atoms with van der Waals surface area (Å²) in [6.45, 7) is 36.7. The van der Waals surface area contributed by atoms with Gasteiger partial charge in [-0.25, -0.2) is 0 Å². The molecule has 0 spiro atoms. The van der Waals surface area contributed by atoms with Crippen molar-refractivity contribution in [3.05, 3.63) is 239 Å². The Hall–Kier alpha value is -8.05. The second-order valence-corrected chi connectivity index (χ2v) is 29.1. The molecule has 11 aromatic rings. The number of nitrogens with zero attached hydrogens (tertiary/aromatic N) is 4. The molecule has 1 aromatic heterocycles. The fraction of sp³-hybridized carbons (Fsp3) is 0.266. The lowest BCUT2D eigenvalue weighted by Crippen LogP contribution is -2.22. The summed E-state index contributed by atoms with van der Waals surface area (Å²) < 4.78 is 2.54. The average molecular weight is 1120 g/mol. The van der Waals surface area contributed by atoms with Crippen molar-refractivity contribution < 1.29 is 0 Å². The number of rotatable bonds is 8. The van der Waals surface area contributed by atoms with Gasteiger partial charge in [0.1, 0.15) is 0 Å². The summed E-state index contributed by atoms with van der Waals surface area (Å²) in [5.41, 5.74) is 22.3. The first-order chi connectivity index (χ1) is 39.6. The van der Waals surface area contributed by atoms with Crippen molar-refractivity contribution in [2.45, 2.75) is 138 Å². The summed E-state index contributed by atoms with van der Waals surface area (Å²) in [4.78, 5) is 7.24. The van der Waals surface area contributed by atoms with Crippen LogP contribution in [0.1, 0.15) is 137 Å². The number of aromatic nitrogens is 1. The zero-order valence-corrected chi connectivity index (χ0v) is 53.0. The maximum Gasteiger partial charge on any atom is 0.0887 e. The Labute approximate surface area is 505 Å². The molecule has 1 aliphatic heterocycles. The largest absolute Gasteiger partial charge is 0.310 e. The summed E-state index contributed by atoms with van der Waals surface area (Å²) in [5.74, 6) is 0. The van der Waals surface area contributed by atoms with E-state index >= 15 is 0 Å². The third-order valence-corrected chi connectivity index (χ3v) is 17.7. The second-order valence-electron chi connectivity index (χ2n) is 28.7. The number of hydrogen-bond donors (Lipinski definition) is 0. The van der Waals surface area contributed by atoms with Crippen molar-refractivity contribution in [2.75, 3.05) is 14.7 Å². The smallest absolute Gasteiger partial charge is 0.0887 e. The lowest BCUT2D eigenvalue weighted by molar-refractivity contribution is 0.589. The molecule has 2 heterocycles. The Balaban J connectivity index is 1.11. The van der Waals surface area contributed by atoms with Gasteiger partial charge in [0, 0.05) is 39.2 Å². The van der Waals surface area contributed by atoms with Crippen LogP contribution in [-0.2, 0) is 27.1 Å². The lowest BCUT2D eigenvalue weighted by atomic mass is 9.84. The molecule has 0 unspecified atom stereocenters. The minimum absolute atomic E-state index is 0.00877. The Morgan fingerprint density at radius 3 is 1.44 bits per heavy atom. The van der Waals surface area contributed by atoms with Crippen LogP contribution in [0.5, 0.6) is 0 Å². The van der Waals surface area contributed by atoms with Crippen LogP contribution in [0.4, 0.5) is 51.2 Å². The van der Waals surface area contributed by atoms with Crippen LogP contribution < -0.4 is 14.7 Å². The summed E-state index contributed by atoms with van der Waals surface area (Å²) in [6, 6.07) is 75.2. The van der Waals surface area contributed by atoms with E-state index in [4.69, 9.17) is 11.6 Å². The molecular weight excluding hydrogens is 1040 g/mol. The van der Waals surface area contributed by atoms with Crippen molar-refractivity contribution in [1.29, 1.82) is 0 Å². The van der Waals surface area contributed by atoms with Gasteiger partial charge in [-0.05, 0) is 192 Å². The van der Waals surface area contributed by atoms with Crippen LogP contribution in [-0.4, -0.2) is 4.57 Å². The first-order valence-electron chi connectivity index (χ1n) is 30.0. The van der Waals surface area contributed by atoms with Gasteiger partial charge in [0.05, 0.1) is 44.5 Å². The summed E-state index contributed by atoms with van der Waals surface area (Å²) in [6.07, 6.45) is 0. The Bertz CT molecular complexity index is 4270. The van der Waals surface area contributed by atoms with E-state index in [2.05, 4.69) is 330 Å².